The monoisotopic (exact) mass is 291 g/mol. The summed E-state index contributed by atoms with van der Waals surface area (Å²) in [6.07, 6.45) is 0. The number of hydrogen-bond donors (Lipinski definition) is 2. The van der Waals surface area contributed by atoms with Crippen molar-refractivity contribution in [1.82, 2.24) is 15.5 Å². The maximum Gasteiger partial charge on any atom is 0.264 e. The number of nitrogens with one attached hydrogen (secondary N) is 2. The van der Waals surface area contributed by atoms with Gasteiger partial charge in [0.2, 0.25) is 5.91 Å². The topological polar surface area (TPSA) is 61.4 Å². The first-order valence-corrected chi connectivity index (χ1v) is 6.23. The van der Waals surface area contributed by atoms with Gasteiger partial charge in [0.05, 0.1) is 11.4 Å². The molecule has 0 saturated heterocycles. The van der Waals surface area contributed by atoms with Crippen LogP contribution in [0.15, 0.2) is 17.5 Å². The number of nitrogens with zero attached hydrogens (tertiary/aromatic N) is 1. The van der Waals surface area contributed by atoms with Crippen LogP contribution in [0.2, 0.25) is 0 Å². The fourth-order valence-electron chi connectivity index (χ4n) is 1.26. The predicted molar refractivity (Wildman–Crippen MR) is 75.5 cm³/mol. The molecule has 0 unspecified atom stereocenters. The van der Waals surface area contributed by atoms with Gasteiger partial charge < -0.3 is 15.5 Å². The zero-order valence-electron chi connectivity index (χ0n) is 10.4. The molecule has 1 aromatic heterocycles. The number of amides is 2. The van der Waals surface area contributed by atoms with Crippen LogP contribution in [-0.4, -0.2) is 50.4 Å². The Labute approximate surface area is 117 Å². The van der Waals surface area contributed by atoms with Crippen molar-refractivity contribution >= 4 is 35.6 Å². The lowest BCUT2D eigenvalue weighted by Gasteiger charge is -2.15. The zero-order chi connectivity index (χ0) is 12.7. The molecule has 18 heavy (non-hydrogen) atoms. The third-order valence-corrected chi connectivity index (χ3v) is 3.01. The Hall–Kier alpha value is -1.11. The predicted octanol–water partition coefficient (Wildman–Crippen LogP) is 0.578. The standard InChI is InChI=1S/C11H17N3O2S.ClH/c1-12-5-6-13-10(15)8-14(2)11(16)9-4-3-7-17-9;/h3-4,7,12H,5-6,8H2,1-2H3,(H,13,15);1H. The highest BCUT2D eigenvalue weighted by Gasteiger charge is 2.15. The molecule has 0 aromatic carbocycles. The first kappa shape index (κ1) is 16.9. The lowest BCUT2D eigenvalue weighted by molar-refractivity contribution is -0.121. The molecule has 1 aromatic rings. The molecule has 2 amide bonds. The normalized spacial score (nSPS) is 9.44. The van der Waals surface area contributed by atoms with Crippen molar-refractivity contribution in [3.8, 4) is 0 Å². The van der Waals surface area contributed by atoms with Gasteiger partial charge in [-0.25, -0.2) is 0 Å². The van der Waals surface area contributed by atoms with Crippen LogP contribution in [-0.2, 0) is 4.79 Å². The van der Waals surface area contributed by atoms with E-state index in [2.05, 4.69) is 10.6 Å². The van der Waals surface area contributed by atoms with Gasteiger partial charge in [0, 0.05) is 20.1 Å². The van der Waals surface area contributed by atoms with Gasteiger partial charge in [-0.2, -0.15) is 0 Å². The van der Waals surface area contributed by atoms with Crippen molar-refractivity contribution in [3.63, 3.8) is 0 Å². The molecule has 0 bridgehead atoms. The van der Waals surface area contributed by atoms with Crippen molar-refractivity contribution < 1.29 is 9.59 Å². The molecule has 7 heteroatoms. The minimum Gasteiger partial charge on any atom is -0.353 e. The molecule has 0 spiro atoms. The molecule has 1 heterocycles. The Morgan fingerprint density at radius 1 is 1.39 bits per heavy atom. The summed E-state index contributed by atoms with van der Waals surface area (Å²) in [6, 6.07) is 3.57. The highest BCUT2D eigenvalue weighted by Crippen LogP contribution is 2.10. The fourth-order valence-corrected chi connectivity index (χ4v) is 1.98. The second-order valence-electron chi connectivity index (χ2n) is 3.59. The first-order valence-electron chi connectivity index (χ1n) is 5.35. The van der Waals surface area contributed by atoms with E-state index in [1.165, 1.54) is 16.2 Å². The van der Waals surface area contributed by atoms with Gasteiger partial charge in [-0.1, -0.05) is 6.07 Å². The van der Waals surface area contributed by atoms with Crippen LogP contribution in [0.4, 0.5) is 0 Å². The van der Waals surface area contributed by atoms with E-state index in [0.29, 0.717) is 18.0 Å². The Balaban J connectivity index is 0.00000289. The van der Waals surface area contributed by atoms with Crippen LogP contribution in [0.5, 0.6) is 0 Å². The summed E-state index contributed by atoms with van der Waals surface area (Å²) < 4.78 is 0. The highest BCUT2D eigenvalue weighted by atomic mass is 35.5. The van der Waals surface area contributed by atoms with Gasteiger partial charge in [0.1, 0.15) is 0 Å². The SMILES string of the molecule is CNCCNC(=O)CN(C)C(=O)c1cccs1.Cl. The number of halogens is 1. The second kappa shape index (κ2) is 8.91. The third kappa shape index (κ3) is 5.48. The van der Waals surface area contributed by atoms with Gasteiger partial charge in [-0.15, -0.1) is 23.7 Å². The summed E-state index contributed by atoms with van der Waals surface area (Å²) in [5.74, 6) is -0.267. The smallest absolute Gasteiger partial charge is 0.264 e. The van der Waals surface area contributed by atoms with E-state index in [1.807, 2.05) is 18.5 Å². The zero-order valence-corrected chi connectivity index (χ0v) is 12.1. The molecule has 0 atom stereocenters. The van der Waals surface area contributed by atoms with Crippen LogP contribution in [0.1, 0.15) is 9.67 Å². The number of thiophene rings is 1. The second-order valence-corrected chi connectivity index (χ2v) is 4.54. The molecule has 102 valence electrons. The molecular weight excluding hydrogens is 274 g/mol. The maximum atomic E-state index is 11.8. The summed E-state index contributed by atoms with van der Waals surface area (Å²) in [7, 11) is 3.44. The van der Waals surface area contributed by atoms with Crippen LogP contribution >= 0.6 is 23.7 Å². The fraction of sp³-hybridized carbons (Fsp3) is 0.455. The number of rotatable bonds is 6. The summed E-state index contributed by atoms with van der Waals surface area (Å²) in [6.45, 7) is 1.37. The summed E-state index contributed by atoms with van der Waals surface area (Å²) in [5, 5.41) is 7.49. The van der Waals surface area contributed by atoms with Crippen molar-refractivity contribution in [1.29, 1.82) is 0 Å². The largest absolute Gasteiger partial charge is 0.353 e. The first-order chi connectivity index (χ1) is 8.15. The number of carbonyl (C=O) groups is 2. The molecule has 0 saturated carbocycles. The van der Waals surface area contributed by atoms with E-state index in [-0.39, 0.29) is 30.8 Å². The molecule has 1 rings (SSSR count). The Bertz CT molecular complexity index is 370. The molecule has 0 radical (unpaired) electrons. The lowest BCUT2D eigenvalue weighted by atomic mass is 10.4. The van der Waals surface area contributed by atoms with Crippen LogP contribution in [0.3, 0.4) is 0 Å². The average molecular weight is 292 g/mol. The summed E-state index contributed by atoms with van der Waals surface area (Å²) >= 11 is 1.38. The van der Waals surface area contributed by atoms with Gasteiger partial charge in [-0.3, -0.25) is 9.59 Å². The molecule has 0 aliphatic rings. The Kier molecular flexibility index (Phi) is 8.36. The highest BCUT2D eigenvalue weighted by molar-refractivity contribution is 7.12. The van der Waals surface area contributed by atoms with E-state index in [9.17, 15) is 9.59 Å². The number of carbonyl (C=O) groups excluding carboxylic acids is 2. The average Bonchev–Trinajstić information content (AvgIpc) is 2.81. The van der Waals surface area contributed by atoms with Crippen molar-refractivity contribution in [3.05, 3.63) is 22.4 Å². The minimum atomic E-state index is -0.146. The van der Waals surface area contributed by atoms with E-state index < -0.39 is 0 Å². The molecule has 0 fully saturated rings. The van der Waals surface area contributed by atoms with Gasteiger partial charge in [0.25, 0.3) is 5.91 Å². The van der Waals surface area contributed by atoms with Crippen molar-refractivity contribution in [2.75, 3.05) is 33.7 Å². The van der Waals surface area contributed by atoms with Gasteiger partial charge >= 0.3 is 0 Å². The van der Waals surface area contributed by atoms with E-state index in [4.69, 9.17) is 0 Å². The third-order valence-electron chi connectivity index (χ3n) is 2.16. The van der Waals surface area contributed by atoms with E-state index in [0.717, 1.165) is 0 Å². The molecule has 0 aliphatic carbocycles. The molecular formula is C11H18ClN3O2S. The number of hydrogen-bond acceptors (Lipinski definition) is 4. The van der Waals surface area contributed by atoms with Crippen LogP contribution in [0, 0.1) is 0 Å². The van der Waals surface area contributed by atoms with E-state index >= 15 is 0 Å². The molecule has 2 N–H and O–H groups in total. The van der Waals surface area contributed by atoms with Crippen molar-refractivity contribution in [2.45, 2.75) is 0 Å². The Morgan fingerprint density at radius 2 is 2.11 bits per heavy atom. The van der Waals surface area contributed by atoms with E-state index in [1.54, 1.807) is 13.1 Å². The van der Waals surface area contributed by atoms with Crippen molar-refractivity contribution in [2.24, 2.45) is 0 Å². The van der Waals surface area contributed by atoms with Gasteiger partial charge in [-0.05, 0) is 18.5 Å². The Morgan fingerprint density at radius 3 is 2.67 bits per heavy atom. The quantitative estimate of drug-likeness (QED) is 0.754. The maximum absolute atomic E-state index is 11.8. The molecule has 5 nitrogen and oxygen atoms in total. The van der Waals surface area contributed by atoms with Crippen LogP contribution in [0.25, 0.3) is 0 Å². The van der Waals surface area contributed by atoms with Crippen LogP contribution < -0.4 is 10.6 Å². The minimum absolute atomic E-state index is 0. The van der Waals surface area contributed by atoms with Gasteiger partial charge in [0.15, 0.2) is 0 Å². The number of likely N-dealkylation sites (N-methyl/N-ethyl adjacent to an activating group) is 2. The lowest BCUT2D eigenvalue weighted by Crippen LogP contribution is -2.40. The summed E-state index contributed by atoms with van der Waals surface area (Å²) in [5.41, 5.74) is 0. The summed E-state index contributed by atoms with van der Waals surface area (Å²) in [4.78, 5) is 25.4. The molecule has 0 aliphatic heterocycles.